The molecule has 3 heteroatoms. The van der Waals surface area contributed by atoms with Crippen LogP contribution in [0.4, 0.5) is 0 Å². The molecule has 0 aliphatic carbocycles. The highest BCUT2D eigenvalue weighted by atomic mass is 35.5. The van der Waals surface area contributed by atoms with Gasteiger partial charge in [0.2, 0.25) is 0 Å². The normalized spacial score (nSPS) is 17.2. The fourth-order valence-electron chi connectivity index (χ4n) is 2.19. The van der Waals surface area contributed by atoms with Crippen molar-refractivity contribution in [2.75, 3.05) is 20.1 Å². The number of benzene rings is 1. The van der Waals surface area contributed by atoms with Crippen LogP contribution in [-0.4, -0.2) is 30.8 Å². The lowest BCUT2D eigenvalue weighted by Crippen LogP contribution is -2.41. The molecule has 0 N–H and O–H groups in total. The molecule has 1 aliphatic rings. The lowest BCUT2D eigenvalue weighted by atomic mass is 9.91. The average molecular weight is 238 g/mol. The maximum absolute atomic E-state index is 11.0. The first-order valence-corrected chi connectivity index (χ1v) is 5.90. The van der Waals surface area contributed by atoms with E-state index in [1.54, 1.807) is 6.92 Å². The standard InChI is InChI=1S/C13H16ClNO/c1-9(16)5-10-3-4-12(13(14)6-10)11-7-15(2)8-11/h3-4,6,11H,5,7-8H2,1-2H3. The summed E-state index contributed by atoms with van der Waals surface area (Å²) >= 11 is 6.24. The van der Waals surface area contributed by atoms with Crippen molar-refractivity contribution < 1.29 is 4.79 Å². The lowest BCUT2D eigenvalue weighted by molar-refractivity contribution is -0.116. The summed E-state index contributed by atoms with van der Waals surface area (Å²) in [4.78, 5) is 13.3. The second-order valence-electron chi connectivity index (χ2n) is 4.65. The fourth-order valence-corrected chi connectivity index (χ4v) is 2.55. The van der Waals surface area contributed by atoms with Crippen LogP contribution < -0.4 is 0 Å². The summed E-state index contributed by atoms with van der Waals surface area (Å²) in [6.45, 7) is 3.75. The number of hydrogen-bond acceptors (Lipinski definition) is 2. The van der Waals surface area contributed by atoms with E-state index in [-0.39, 0.29) is 5.78 Å². The van der Waals surface area contributed by atoms with Crippen LogP contribution in [0.3, 0.4) is 0 Å². The average Bonchev–Trinajstić information content (AvgIpc) is 2.13. The van der Waals surface area contributed by atoms with Crippen molar-refractivity contribution in [3.05, 3.63) is 34.3 Å². The van der Waals surface area contributed by atoms with Gasteiger partial charge in [-0.1, -0.05) is 23.7 Å². The van der Waals surface area contributed by atoms with Crippen LogP contribution in [0.2, 0.25) is 5.02 Å². The van der Waals surface area contributed by atoms with Crippen LogP contribution in [0.1, 0.15) is 24.0 Å². The second kappa shape index (κ2) is 4.56. The number of carbonyl (C=O) groups is 1. The van der Waals surface area contributed by atoms with Gasteiger partial charge in [-0.2, -0.15) is 0 Å². The molecule has 86 valence electrons. The minimum absolute atomic E-state index is 0.173. The Morgan fingerprint density at radius 3 is 2.69 bits per heavy atom. The minimum Gasteiger partial charge on any atom is -0.305 e. The van der Waals surface area contributed by atoms with Crippen molar-refractivity contribution in [1.29, 1.82) is 0 Å². The maximum atomic E-state index is 11.0. The predicted molar refractivity (Wildman–Crippen MR) is 66.1 cm³/mol. The van der Waals surface area contributed by atoms with Gasteiger partial charge >= 0.3 is 0 Å². The number of Topliss-reactive ketones (excluding diaryl/α,β-unsaturated/α-hetero) is 1. The molecule has 1 heterocycles. The van der Waals surface area contributed by atoms with Crippen molar-refractivity contribution >= 4 is 17.4 Å². The number of likely N-dealkylation sites (tertiary alicyclic amines) is 1. The van der Waals surface area contributed by atoms with E-state index < -0.39 is 0 Å². The van der Waals surface area contributed by atoms with E-state index in [4.69, 9.17) is 11.6 Å². The largest absolute Gasteiger partial charge is 0.305 e. The first-order chi connectivity index (χ1) is 7.56. The Morgan fingerprint density at radius 1 is 1.50 bits per heavy atom. The van der Waals surface area contributed by atoms with E-state index in [0.717, 1.165) is 23.7 Å². The first kappa shape index (κ1) is 11.6. The van der Waals surface area contributed by atoms with Gasteiger partial charge in [0.25, 0.3) is 0 Å². The quantitative estimate of drug-likeness (QED) is 0.805. The smallest absolute Gasteiger partial charge is 0.134 e. The van der Waals surface area contributed by atoms with Gasteiger partial charge in [-0.3, -0.25) is 4.79 Å². The molecule has 2 rings (SSSR count). The number of ketones is 1. The molecule has 1 aliphatic heterocycles. The molecule has 0 bridgehead atoms. The molecule has 0 unspecified atom stereocenters. The Labute approximate surface area is 101 Å². The van der Waals surface area contributed by atoms with E-state index in [1.165, 1.54) is 5.56 Å². The number of hydrogen-bond donors (Lipinski definition) is 0. The Morgan fingerprint density at radius 2 is 2.19 bits per heavy atom. The Kier molecular flexibility index (Phi) is 3.31. The minimum atomic E-state index is 0.173. The van der Waals surface area contributed by atoms with Gasteiger partial charge in [0, 0.05) is 30.5 Å². The summed E-state index contributed by atoms with van der Waals surface area (Å²) in [5.74, 6) is 0.732. The monoisotopic (exact) mass is 237 g/mol. The van der Waals surface area contributed by atoms with Crippen molar-refractivity contribution in [2.24, 2.45) is 0 Å². The molecule has 0 amide bonds. The molecule has 1 aromatic rings. The Bertz CT molecular complexity index is 410. The molecule has 1 saturated heterocycles. The van der Waals surface area contributed by atoms with Gasteiger partial charge in [0.15, 0.2) is 0 Å². The highest BCUT2D eigenvalue weighted by molar-refractivity contribution is 6.31. The molecule has 0 aromatic heterocycles. The summed E-state index contributed by atoms with van der Waals surface area (Å²) in [5, 5.41) is 0.803. The summed E-state index contributed by atoms with van der Waals surface area (Å²) in [6, 6.07) is 6.01. The number of likely N-dealkylation sites (N-methyl/N-ethyl adjacent to an activating group) is 1. The first-order valence-electron chi connectivity index (χ1n) is 5.52. The van der Waals surface area contributed by atoms with Gasteiger partial charge in [0.05, 0.1) is 0 Å². The summed E-state index contributed by atoms with van der Waals surface area (Å²) in [6.07, 6.45) is 0.477. The van der Waals surface area contributed by atoms with Crippen LogP contribution in [-0.2, 0) is 11.2 Å². The highest BCUT2D eigenvalue weighted by Gasteiger charge is 2.26. The molecule has 1 aromatic carbocycles. The zero-order chi connectivity index (χ0) is 11.7. The van der Waals surface area contributed by atoms with Crippen molar-refractivity contribution in [1.82, 2.24) is 4.90 Å². The van der Waals surface area contributed by atoms with Crippen molar-refractivity contribution in [3.63, 3.8) is 0 Å². The molecular formula is C13H16ClNO. The lowest BCUT2D eigenvalue weighted by Gasteiger charge is -2.37. The van der Waals surface area contributed by atoms with E-state index in [9.17, 15) is 4.79 Å². The summed E-state index contributed by atoms with van der Waals surface area (Å²) < 4.78 is 0. The number of rotatable bonds is 3. The Hall–Kier alpha value is -0.860. The van der Waals surface area contributed by atoms with E-state index in [0.29, 0.717) is 12.3 Å². The van der Waals surface area contributed by atoms with Gasteiger partial charge in [0.1, 0.15) is 5.78 Å². The fraction of sp³-hybridized carbons (Fsp3) is 0.462. The number of halogens is 1. The van der Waals surface area contributed by atoms with Gasteiger partial charge in [-0.15, -0.1) is 0 Å². The Balaban J connectivity index is 2.13. The van der Waals surface area contributed by atoms with Gasteiger partial charge in [-0.05, 0) is 31.2 Å². The van der Waals surface area contributed by atoms with Crippen molar-refractivity contribution in [3.8, 4) is 0 Å². The maximum Gasteiger partial charge on any atom is 0.134 e. The van der Waals surface area contributed by atoms with Crippen LogP contribution in [0.25, 0.3) is 0 Å². The SMILES string of the molecule is CC(=O)Cc1ccc(C2CN(C)C2)c(Cl)c1. The van der Waals surface area contributed by atoms with Crippen LogP contribution in [0.15, 0.2) is 18.2 Å². The van der Waals surface area contributed by atoms with Gasteiger partial charge < -0.3 is 4.90 Å². The second-order valence-corrected chi connectivity index (χ2v) is 5.06. The highest BCUT2D eigenvalue weighted by Crippen LogP contribution is 2.31. The third-order valence-electron chi connectivity index (χ3n) is 3.02. The molecular weight excluding hydrogens is 222 g/mol. The number of nitrogens with zero attached hydrogens (tertiary/aromatic N) is 1. The van der Waals surface area contributed by atoms with Crippen molar-refractivity contribution in [2.45, 2.75) is 19.3 Å². The van der Waals surface area contributed by atoms with Crippen LogP contribution in [0.5, 0.6) is 0 Å². The third-order valence-corrected chi connectivity index (χ3v) is 3.35. The topological polar surface area (TPSA) is 20.3 Å². The zero-order valence-corrected chi connectivity index (χ0v) is 10.4. The van der Waals surface area contributed by atoms with E-state index in [2.05, 4.69) is 18.0 Å². The summed E-state index contributed by atoms with van der Waals surface area (Å²) in [5.41, 5.74) is 2.22. The predicted octanol–water partition coefficient (Wildman–Crippen LogP) is 2.50. The van der Waals surface area contributed by atoms with Crippen LogP contribution >= 0.6 is 11.6 Å². The molecule has 0 atom stereocenters. The van der Waals surface area contributed by atoms with E-state index in [1.807, 2.05) is 12.1 Å². The molecule has 2 nitrogen and oxygen atoms in total. The molecule has 0 saturated carbocycles. The molecule has 0 radical (unpaired) electrons. The van der Waals surface area contributed by atoms with Gasteiger partial charge in [-0.25, -0.2) is 0 Å². The molecule has 0 spiro atoms. The molecule has 16 heavy (non-hydrogen) atoms. The number of carbonyl (C=O) groups excluding carboxylic acids is 1. The molecule has 1 fully saturated rings. The summed E-state index contributed by atoms with van der Waals surface area (Å²) in [7, 11) is 2.11. The third kappa shape index (κ3) is 2.45. The van der Waals surface area contributed by atoms with Crippen LogP contribution in [0, 0.1) is 0 Å². The zero-order valence-electron chi connectivity index (χ0n) is 9.66. The van der Waals surface area contributed by atoms with E-state index >= 15 is 0 Å².